The molecule has 1 aromatic carbocycles. The van der Waals surface area contributed by atoms with Crippen LogP contribution in [0.3, 0.4) is 0 Å². The molecule has 34 heavy (non-hydrogen) atoms. The van der Waals surface area contributed by atoms with Gasteiger partial charge in [-0.05, 0) is 62.3 Å². The van der Waals surface area contributed by atoms with Crippen molar-refractivity contribution >= 4 is 11.6 Å². The number of hydrogen-bond donors (Lipinski definition) is 3. The van der Waals surface area contributed by atoms with Gasteiger partial charge in [0, 0.05) is 24.4 Å². The van der Waals surface area contributed by atoms with Crippen LogP contribution in [0.5, 0.6) is 5.75 Å². The number of benzene rings is 1. The molecule has 1 aliphatic carbocycles. The second-order valence-electron chi connectivity index (χ2n) is 9.54. The third-order valence-electron chi connectivity index (χ3n) is 6.34. The molecule has 0 saturated carbocycles. The van der Waals surface area contributed by atoms with Gasteiger partial charge in [0.2, 0.25) is 5.91 Å². The van der Waals surface area contributed by atoms with E-state index in [1.165, 1.54) is 23.3 Å². The third-order valence-corrected chi connectivity index (χ3v) is 6.34. The predicted octanol–water partition coefficient (Wildman–Crippen LogP) is 6.98. The summed E-state index contributed by atoms with van der Waals surface area (Å²) in [6, 6.07) is 6.67. The maximum absolute atomic E-state index is 12.2. The van der Waals surface area contributed by atoms with Crippen LogP contribution < -0.4 is 5.32 Å². The highest BCUT2D eigenvalue weighted by Crippen LogP contribution is 2.46. The fraction of sp³-hybridized carbons (Fsp3) is 0.310. The summed E-state index contributed by atoms with van der Waals surface area (Å²) in [6.45, 7) is 10.8. The van der Waals surface area contributed by atoms with Crippen molar-refractivity contribution in [1.82, 2.24) is 9.97 Å². The fourth-order valence-corrected chi connectivity index (χ4v) is 4.37. The largest absolute Gasteiger partial charge is 0.506 e. The van der Waals surface area contributed by atoms with Gasteiger partial charge in [0.05, 0.1) is 5.69 Å². The Labute approximate surface area is 202 Å². The van der Waals surface area contributed by atoms with Crippen molar-refractivity contribution in [2.75, 3.05) is 5.32 Å². The van der Waals surface area contributed by atoms with Crippen LogP contribution in [-0.4, -0.2) is 21.0 Å². The molecule has 0 radical (unpaired) electrons. The van der Waals surface area contributed by atoms with E-state index in [-0.39, 0.29) is 17.1 Å². The molecule has 0 spiro atoms. The summed E-state index contributed by atoms with van der Waals surface area (Å²) in [4.78, 5) is 20.0. The number of hydrogen-bond acceptors (Lipinski definition) is 3. The van der Waals surface area contributed by atoms with Crippen LogP contribution in [0, 0.1) is 5.41 Å². The lowest BCUT2D eigenvalue weighted by Crippen LogP contribution is -2.24. The summed E-state index contributed by atoms with van der Waals surface area (Å²) in [6.07, 6.45) is 17.7. The van der Waals surface area contributed by atoms with E-state index in [2.05, 4.69) is 55.1 Å². The molecule has 2 aromatic rings. The van der Waals surface area contributed by atoms with Gasteiger partial charge in [0.15, 0.2) is 0 Å². The Balaban J connectivity index is 1.67. The Bertz CT molecular complexity index is 1160. The molecule has 1 unspecified atom stereocenters. The zero-order chi connectivity index (χ0) is 24.7. The third kappa shape index (κ3) is 6.47. The molecular weight excluding hydrogens is 422 g/mol. The summed E-state index contributed by atoms with van der Waals surface area (Å²) < 4.78 is 0. The quantitative estimate of drug-likeness (QED) is 0.238. The number of phenolic OH excluding ortho intramolecular Hbond substituents is 1. The lowest BCUT2D eigenvalue weighted by Gasteiger charge is -2.36. The number of allylic oxidation sites excluding steroid dienone is 9. The highest BCUT2D eigenvalue weighted by Gasteiger charge is 2.33. The molecule has 1 aliphatic rings. The number of rotatable bonds is 7. The highest BCUT2D eigenvalue weighted by molar-refractivity contribution is 6.00. The summed E-state index contributed by atoms with van der Waals surface area (Å²) in [5.41, 5.74) is 5.20. The Morgan fingerprint density at radius 1 is 1.21 bits per heavy atom. The second-order valence-corrected chi connectivity index (χ2v) is 9.54. The van der Waals surface area contributed by atoms with E-state index in [1.807, 2.05) is 37.5 Å². The zero-order valence-electron chi connectivity index (χ0n) is 20.7. The van der Waals surface area contributed by atoms with Gasteiger partial charge in [-0.2, -0.15) is 0 Å². The highest BCUT2D eigenvalue weighted by atomic mass is 16.3. The van der Waals surface area contributed by atoms with Crippen molar-refractivity contribution in [3.8, 4) is 5.75 Å². The normalized spacial score (nSPS) is 19.3. The molecule has 3 rings (SSSR count). The van der Waals surface area contributed by atoms with E-state index in [0.717, 1.165) is 29.8 Å². The van der Waals surface area contributed by atoms with Crippen molar-refractivity contribution in [2.45, 2.75) is 53.4 Å². The summed E-state index contributed by atoms with van der Waals surface area (Å²) in [5.74, 6) is 1.15. The number of aromatic amines is 1. The number of aromatic nitrogens is 2. The Morgan fingerprint density at radius 3 is 2.68 bits per heavy atom. The topological polar surface area (TPSA) is 78.0 Å². The molecule has 1 atom stereocenters. The van der Waals surface area contributed by atoms with Crippen LogP contribution in [0.4, 0.5) is 5.69 Å². The first-order valence-corrected chi connectivity index (χ1v) is 11.7. The first kappa shape index (κ1) is 25.0. The number of nitrogens with one attached hydrogen (secondary N) is 2. The summed E-state index contributed by atoms with van der Waals surface area (Å²) in [7, 11) is 0. The Hall–Kier alpha value is -3.60. The predicted molar refractivity (Wildman–Crippen MR) is 140 cm³/mol. The smallest absolute Gasteiger partial charge is 0.248 e. The fourth-order valence-electron chi connectivity index (χ4n) is 4.37. The van der Waals surface area contributed by atoms with Gasteiger partial charge in [-0.3, -0.25) is 4.79 Å². The summed E-state index contributed by atoms with van der Waals surface area (Å²) >= 11 is 0. The standard InChI is InChI=1S/C29H35N3O2/c1-20(9-8-10-21(2)19-27(34)32-25-11-6-7-12-26(25)33)13-14-24-22(3)23(15-16-29(24,4)5)28-30-17-18-31-28/h6-14,17-19,23,33H,15-16H2,1-5H3,(H,30,31)(H,32,34)/b10-8+,14-13+,20-9+,21-19+. The van der Waals surface area contributed by atoms with Gasteiger partial charge >= 0.3 is 0 Å². The number of amides is 1. The number of carbonyl (C=O) groups excluding carboxylic acids is 1. The van der Waals surface area contributed by atoms with Crippen LogP contribution in [-0.2, 0) is 4.79 Å². The van der Waals surface area contributed by atoms with E-state index in [4.69, 9.17) is 0 Å². The van der Waals surface area contributed by atoms with E-state index < -0.39 is 0 Å². The number of aromatic hydroxyl groups is 1. The van der Waals surface area contributed by atoms with Gasteiger partial charge in [-0.15, -0.1) is 0 Å². The summed E-state index contributed by atoms with van der Waals surface area (Å²) in [5, 5.41) is 12.5. The number of imidazole rings is 1. The first-order chi connectivity index (χ1) is 16.2. The SMILES string of the molecule is CC1=C(/C=C/C(C)=C/C=C/C(C)=C/C(=O)Nc2ccccc2O)C(C)(C)CCC1c1ncc[nH]1. The van der Waals surface area contributed by atoms with Crippen molar-refractivity contribution in [2.24, 2.45) is 5.41 Å². The minimum atomic E-state index is -0.280. The zero-order valence-corrected chi connectivity index (χ0v) is 20.7. The molecule has 5 heteroatoms. The van der Waals surface area contributed by atoms with Crippen LogP contribution in [0.2, 0.25) is 0 Å². The number of anilines is 1. The first-order valence-electron chi connectivity index (χ1n) is 11.7. The molecule has 178 valence electrons. The molecule has 1 amide bonds. The maximum Gasteiger partial charge on any atom is 0.248 e. The molecular formula is C29H35N3O2. The average molecular weight is 458 g/mol. The van der Waals surface area contributed by atoms with E-state index in [0.29, 0.717) is 11.6 Å². The van der Waals surface area contributed by atoms with E-state index in [9.17, 15) is 9.90 Å². The minimum Gasteiger partial charge on any atom is -0.506 e. The molecule has 5 nitrogen and oxygen atoms in total. The van der Waals surface area contributed by atoms with Crippen LogP contribution in [0.1, 0.15) is 59.2 Å². The van der Waals surface area contributed by atoms with Gasteiger partial charge < -0.3 is 15.4 Å². The van der Waals surface area contributed by atoms with Crippen LogP contribution >= 0.6 is 0 Å². The van der Waals surface area contributed by atoms with Crippen LogP contribution in [0.25, 0.3) is 0 Å². The monoisotopic (exact) mass is 457 g/mol. The van der Waals surface area contributed by atoms with Crippen molar-refractivity contribution in [3.05, 3.63) is 101 Å². The number of para-hydroxylation sites is 2. The molecule has 3 N–H and O–H groups in total. The number of phenols is 1. The molecule has 0 bridgehead atoms. The van der Waals surface area contributed by atoms with Crippen LogP contribution in [0.15, 0.2) is 95.4 Å². The molecule has 0 saturated heterocycles. The minimum absolute atomic E-state index is 0.0461. The number of carbonyl (C=O) groups is 1. The Kier molecular flexibility index (Phi) is 8.11. The van der Waals surface area contributed by atoms with Crippen molar-refractivity contribution in [1.29, 1.82) is 0 Å². The van der Waals surface area contributed by atoms with Gasteiger partial charge in [-0.1, -0.05) is 67.5 Å². The van der Waals surface area contributed by atoms with Crippen molar-refractivity contribution < 1.29 is 9.90 Å². The average Bonchev–Trinajstić information content (AvgIpc) is 3.29. The second kappa shape index (κ2) is 11.0. The van der Waals surface area contributed by atoms with E-state index >= 15 is 0 Å². The van der Waals surface area contributed by atoms with Crippen molar-refractivity contribution in [3.63, 3.8) is 0 Å². The van der Waals surface area contributed by atoms with Gasteiger partial charge in [-0.25, -0.2) is 4.98 Å². The molecule has 1 aromatic heterocycles. The molecule has 0 aliphatic heterocycles. The molecule has 0 fully saturated rings. The maximum atomic E-state index is 12.2. The lowest BCUT2D eigenvalue weighted by molar-refractivity contribution is -0.112. The van der Waals surface area contributed by atoms with E-state index in [1.54, 1.807) is 18.2 Å². The Morgan fingerprint density at radius 2 is 1.97 bits per heavy atom. The number of nitrogens with zero attached hydrogens (tertiary/aromatic N) is 1. The lowest BCUT2D eigenvalue weighted by atomic mass is 9.68. The molecule has 1 heterocycles. The van der Waals surface area contributed by atoms with Gasteiger partial charge in [0.25, 0.3) is 0 Å². The van der Waals surface area contributed by atoms with Gasteiger partial charge in [0.1, 0.15) is 11.6 Å². The number of H-pyrrole nitrogens is 1.